The molecule has 0 aliphatic carbocycles. The second-order valence-electron chi connectivity index (χ2n) is 7.64. The average Bonchev–Trinajstić information content (AvgIpc) is 3.21. The Morgan fingerprint density at radius 2 is 2.10 bits per heavy atom. The van der Waals surface area contributed by atoms with Gasteiger partial charge in [0.15, 0.2) is 5.65 Å². The summed E-state index contributed by atoms with van der Waals surface area (Å²) < 4.78 is 0. The summed E-state index contributed by atoms with van der Waals surface area (Å²) in [6, 6.07) is 3.18. The molecule has 5 N–H and O–H groups in total. The van der Waals surface area contributed by atoms with Crippen LogP contribution in [0.4, 0.5) is 5.69 Å². The molecule has 0 radical (unpaired) electrons. The zero-order chi connectivity index (χ0) is 21.3. The number of aromatic nitrogens is 4. The minimum Gasteiger partial charge on any atom is -0.374 e. The Kier molecular flexibility index (Phi) is 5.42. The van der Waals surface area contributed by atoms with Crippen molar-refractivity contribution in [2.75, 3.05) is 11.9 Å². The van der Waals surface area contributed by atoms with Gasteiger partial charge in [0.05, 0.1) is 24.1 Å². The lowest BCUT2D eigenvalue weighted by atomic mass is 9.90. The summed E-state index contributed by atoms with van der Waals surface area (Å²) in [6.45, 7) is 2.53. The van der Waals surface area contributed by atoms with Gasteiger partial charge < -0.3 is 21.1 Å². The second kappa shape index (κ2) is 8.17. The van der Waals surface area contributed by atoms with E-state index in [-0.39, 0.29) is 12.0 Å². The molecule has 3 atom stereocenters. The zero-order valence-electron chi connectivity index (χ0n) is 16.4. The van der Waals surface area contributed by atoms with Crippen LogP contribution in [0.2, 0.25) is 0 Å². The number of fused-ring (bicyclic) bond motifs is 1. The van der Waals surface area contributed by atoms with E-state index < -0.39 is 18.0 Å². The number of carbonyl (C=O) groups excluding carboxylic acids is 2. The Labute approximate surface area is 172 Å². The van der Waals surface area contributed by atoms with Gasteiger partial charge in [0.2, 0.25) is 0 Å². The predicted molar refractivity (Wildman–Crippen MR) is 109 cm³/mol. The van der Waals surface area contributed by atoms with E-state index in [1.165, 1.54) is 18.5 Å². The molecule has 1 saturated heterocycles. The molecule has 10 heteroatoms. The number of carbonyl (C=O) groups is 2. The van der Waals surface area contributed by atoms with E-state index >= 15 is 0 Å². The van der Waals surface area contributed by atoms with Crippen molar-refractivity contribution in [2.24, 2.45) is 11.7 Å². The molecule has 1 aliphatic rings. The lowest BCUT2D eigenvalue weighted by molar-refractivity contribution is -0.146. The van der Waals surface area contributed by atoms with Gasteiger partial charge >= 0.3 is 11.8 Å². The lowest BCUT2D eigenvalue weighted by Crippen LogP contribution is -2.46. The number of amides is 2. The van der Waals surface area contributed by atoms with E-state index in [0.29, 0.717) is 23.4 Å². The maximum Gasteiger partial charge on any atom is 0.313 e. The number of nitrogens with two attached hydrogens (primary N) is 1. The number of hydrogen-bond donors (Lipinski definition) is 4. The summed E-state index contributed by atoms with van der Waals surface area (Å²) in [5.74, 6) is -1.12. The Morgan fingerprint density at radius 1 is 1.27 bits per heavy atom. The normalized spacial score (nSPS) is 20.2. The van der Waals surface area contributed by atoms with Crippen molar-refractivity contribution in [1.29, 1.82) is 0 Å². The molecule has 4 rings (SSSR count). The molecule has 156 valence electrons. The monoisotopic (exact) mass is 409 g/mol. The van der Waals surface area contributed by atoms with Crippen molar-refractivity contribution in [3.05, 3.63) is 48.0 Å². The first-order valence-electron chi connectivity index (χ1n) is 9.72. The molecule has 30 heavy (non-hydrogen) atoms. The van der Waals surface area contributed by atoms with Gasteiger partial charge in [-0.1, -0.05) is 6.92 Å². The number of piperidine rings is 1. The van der Waals surface area contributed by atoms with E-state index in [1.54, 1.807) is 17.3 Å². The molecule has 10 nitrogen and oxygen atoms in total. The number of pyridine rings is 2. The first-order valence-corrected chi connectivity index (χ1v) is 9.72. The number of rotatable bonds is 3. The molecule has 0 aromatic carbocycles. The van der Waals surface area contributed by atoms with Crippen molar-refractivity contribution in [1.82, 2.24) is 25.1 Å². The van der Waals surface area contributed by atoms with Crippen molar-refractivity contribution < 1.29 is 14.7 Å². The molecule has 1 unspecified atom stereocenters. The highest BCUT2D eigenvalue weighted by molar-refractivity contribution is 6.39. The maximum absolute atomic E-state index is 13.0. The first kappa shape index (κ1) is 19.9. The number of aliphatic hydroxyl groups excluding tert-OH is 1. The van der Waals surface area contributed by atoms with Crippen molar-refractivity contribution in [3.8, 4) is 0 Å². The molecule has 3 aromatic rings. The number of hydrogen-bond acceptors (Lipinski definition) is 7. The summed E-state index contributed by atoms with van der Waals surface area (Å²) in [7, 11) is 0. The minimum absolute atomic E-state index is 0.249. The highest BCUT2D eigenvalue weighted by Gasteiger charge is 2.34. The van der Waals surface area contributed by atoms with E-state index in [1.807, 2.05) is 6.07 Å². The SMILES string of the molecule is C[C@H]1CC[C@H](c2cnc3[nH]ncc3c2)N(C(=O)C(=O)Nc2cncc(C(N)O)c2)C1. The van der Waals surface area contributed by atoms with Crippen LogP contribution >= 0.6 is 0 Å². The zero-order valence-corrected chi connectivity index (χ0v) is 16.4. The van der Waals surface area contributed by atoms with Crippen LogP contribution in [0, 0.1) is 5.92 Å². The number of likely N-dealkylation sites (tertiary alicyclic amines) is 1. The number of aliphatic hydroxyl groups is 1. The smallest absolute Gasteiger partial charge is 0.313 e. The Bertz CT molecular complexity index is 1080. The Balaban J connectivity index is 1.56. The third-order valence-corrected chi connectivity index (χ3v) is 5.33. The van der Waals surface area contributed by atoms with Crippen LogP contribution in [0.5, 0.6) is 0 Å². The predicted octanol–water partition coefficient (Wildman–Crippen LogP) is 1.24. The molecule has 1 aliphatic heterocycles. The number of nitrogens with one attached hydrogen (secondary N) is 2. The van der Waals surface area contributed by atoms with E-state index in [0.717, 1.165) is 23.8 Å². The van der Waals surface area contributed by atoms with Gasteiger partial charge in [0, 0.05) is 29.9 Å². The summed E-state index contributed by atoms with van der Waals surface area (Å²) in [5, 5.41) is 19.7. The van der Waals surface area contributed by atoms with Gasteiger partial charge in [-0.15, -0.1) is 0 Å². The number of anilines is 1. The average molecular weight is 409 g/mol. The molecular weight excluding hydrogens is 386 g/mol. The summed E-state index contributed by atoms with van der Waals surface area (Å²) in [4.78, 5) is 35.6. The fourth-order valence-corrected chi connectivity index (χ4v) is 3.76. The number of H-pyrrole nitrogens is 1. The van der Waals surface area contributed by atoms with Crippen molar-refractivity contribution in [2.45, 2.75) is 32.0 Å². The summed E-state index contributed by atoms with van der Waals surface area (Å²) in [6.07, 6.45) is 6.65. The quantitative estimate of drug-likeness (QED) is 0.375. The molecule has 2 amide bonds. The van der Waals surface area contributed by atoms with Crippen LogP contribution in [0.3, 0.4) is 0 Å². The Morgan fingerprint density at radius 3 is 2.90 bits per heavy atom. The maximum atomic E-state index is 13.0. The van der Waals surface area contributed by atoms with Gasteiger partial charge in [-0.3, -0.25) is 19.7 Å². The molecule has 0 spiro atoms. The number of aromatic amines is 1. The Hall–Kier alpha value is -3.37. The third kappa shape index (κ3) is 4.00. The van der Waals surface area contributed by atoms with Crippen LogP contribution in [0.15, 0.2) is 36.9 Å². The van der Waals surface area contributed by atoms with Crippen LogP contribution in [0.1, 0.15) is 43.2 Å². The number of nitrogens with zero attached hydrogens (tertiary/aromatic N) is 4. The van der Waals surface area contributed by atoms with Gasteiger partial charge in [-0.25, -0.2) is 4.98 Å². The van der Waals surface area contributed by atoms with Crippen molar-refractivity contribution >= 4 is 28.5 Å². The fourth-order valence-electron chi connectivity index (χ4n) is 3.76. The molecule has 0 bridgehead atoms. The molecule has 0 saturated carbocycles. The van der Waals surface area contributed by atoms with Crippen molar-refractivity contribution in [3.63, 3.8) is 0 Å². The van der Waals surface area contributed by atoms with Crippen LogP contribution in [-0.4, -0.2) is 48.5 Å². The van der Waals surface area contributed by atoms with Gasteiger partial charge in [-0.2, -0.15) is 5.10 Å². The topological polar surface area (TPSA) is 150 Å². The summed E-state index contributed by atoms with van der Waals surface area (Å²) in [5.41, 5.74) is 7.60. The highest BCUT2D eigenvalue weighted by Crippen LogP contribution is 2.34. The van der Waals surface area contributed by atoms with Gasteiger partial charge in [0.1, 0.15) is 6.23 Å². The third-order valence-electron chi connectivity index (χ3n) is 5.33. The van der Waals surface area contributed by atoms with Crippen LogP contribution < -0.4 is 11.1 Å². The van der Waals surface area contributed by atoms with Crippen LogP contribution in [-0.2, 0) is 9.59 Å². The molecule has 1 fully saturated rings. The molecular formula is C20H23N7O3. The standard InChI is InChI=1S/C20H23N7O3/c1-11-2-3-16(12-4-14-8-24-26-18(14)23-7-12)27(10-11)20(30)19(29)25-15-5-13(17(21)28)6-22-9-15/h4-9,11,16-17,28H,2-3,10,21H2,1H3,(H,25,29)(H,23,24,26)/t11-,16+,17?/m0/s1. The molecule has 4 heterocycles. The highest BCUT2D eigenvalue weighted by atomic mass is 16.3. The van der Waals surface area contributed by atoms with E-state index in [9.17, 15) is 14.7 Å². The summed E-state index contributed by atoms with van der Waals surface area (Å²) >= 11 is 0. The van der Waals surface area contributed by atoms with E-state index in [2.05, 4.69) is 32.4 Å². The lowest BCUT2D eigenvalue weighted by Gasteiger charge is -2.38. The minimum atomic E-state index is -1.22. The molecule has 3 aromatic heterocycles. The largest absolute Gasteiger partial charge is 0.374 e. The van der Waals surface area contributed by atoms with Crippen LogP contribution in [0.25, 0.3) is 11.0 Å². The van der Waals surface area contributed by atoms with Gasteiger partial charge in [0.25, 0.3) is 0 Å². The van der Waals surface area contributed by atoms with Gasteiger partial charge in [-0.05, 0) is 36.5 Å². The second-order valence-corrected chi connectivity index (χ2v) is 7.64. The first-order chi connectivity index (χ1) is 14.4. The van der Waals surface area contributed by atoms with E-state index in [4.69, 9.17) is 5.73 Å². The fraction of sp³-hybridized carbons (Fsp3) is 0.350.